The number of rotatable bonds is 3. The molecule has 0 radical (unpaired) electrons. The Morgan fingerprint density at radius 1 is 1.35 bits per heavy atom. The topological polar surface area (TPSA) is 41.1 Å². The van der Waals surface area contributed by atoms with Gasteiger partial charge in [0.15, 0.2) is 0 Å². The van der Waals surface area contributed by atoms with Gasteiger partial charge in [-0.3, -0.25) is 4.79 Å². The molecule has 4 heteroatoms. The van der Waals surface area contributed by atoms with Gasteiger partial charge in [-0.1, -0.05) is 24.6 Å². The highest BCUT2D eigenvalue weighted by molar-refractivity contribution is 7.99. The summed E-state index contributed by atoms with van der Waals surface area (Å²) in [6.45, 7) is 0. The maximum atomic E-state index is 12.4. The van der Waals surface area contributed by atoms with E-state index in [1.165, 1.54) is 18.4 Å². The first-order chi connectivity index (χ1) is 9.76. The first-order valence-corrected chi connectivity index (χ1v) is 8.72. The van der Waals surface area contributed by atoms with Crippen molar-refractivity contribution in [2.45, 2.75) is 49.4 Å². The Balaban J connectivity index is 1.56. The second-order valence-corrected chi connectivity index (χ2v) is 6.93. The molecule has 1 aromatic carbocycles. The lowest BCUT2D eigenvalue weighted by Gasteiger charge is -2.29. The summed E-state index contributed by atoms with van der Waals surface area (Å²) in [4.78, 5) is 12.4. The molecule has 20 heavy (non-hydrogen) atoms. The van der Waals surface area contributed by atoms with Crippen LogP contribution in [0.5, 0.6) is 0 Å². The van der Waals surface area contributed by atoms with Crippen molar-refractivity contribution >= 4 is 23.4 Å². The van der Waals surface area contributed by atoms with Crippen LogP contribution in [0.2, 0.25) is 0 Å². The zero-order valence-corrected chi connectivity index (χ0v) is 12.7. The molecule has 3 rings (SSSR count). The molecule has 1 heterocycles. The second-order valence-electron chi connectivity index (χ2n) is 5.79. The molecule has 3 unspecified atom stereocenters. The number of carbonyl (C=O) groups excluding carboxylic acids is 1. The van der Waals surface area contributed by atoms with Crippen molar-refractivity contribution in [3.63, 3.8) is 0 Å². The zero-order valence-electron chi connectivity index (χ0n) is 11.9. The molecule has 1 aliphatic heterocycles. The minimum Gasteiger partial charge on any atom is -0.373 e. The summed E-state index contributed by atoms with van der Waals surface area (Å²) < 4.78 is 0. The quantitative estimate of drug-likeness (QED) is 0.899. The summed E-state index contributed by atoms with van der Waals surface area (Å²) in [5, 5.41) is 7.29. The molecule has 1 aliphatic carbocycles. The molecule has 0 saturated heterocycles. The first kappa shape index (κ1) is 13.8. The van der Waals surface area contributed by atoms with Crippen LogP contribution >= 0.6 is 11.8 Å². The van der Waals surface area contributed by atoms with Crippen LogP contribution < -0.4 is 10.6 Å². The van der Waals surface area contributed by atoms with E-state index in [0.29, 0.717) is 11.3 Å². The van der Waals surface area contributed by atoms with Crippen molar-refractivity contribution in [1.29, 1.82) is 0 Å². The molecule has 1 saturated carbocycles. The number of para-hydroxylation sites is 1. The van der Waals surface area contributed by atoms with Gasteiger partial charge in [0.05, 0.1) is 0 Å². The van der Waals surface area contributed by atoms with Gasteiger partial charge in [-0.2, -0.15) is 11.8 Å². The minimum atomic E-state index is -0.0953. The number of fused-ring (bicyclic) bond motifs is 1. The standard InChI is InChI=1S/C16H22N2OS/c1-20-13-7-4-6-12(10-13)17-16(19)15-9-11-5-2-3-8-14(11)18-15/h2-3,5,8,12-13,15,18H,4,6-7,9-10H2,1H3,(H,17,19). The summed E-state index contributed by atoms with van der Waals surface area (Å²) in [6, 6.07) is 8.45. The van der Waals surface area contributed by atoms with Gasteiger partial charge in [0, 0.05) is 23.4 Å². The Hall–Kier alpha value is -1.16. The van der Waals surface area contributed by atoms with Gasteiger partial charge in [0.2, 0.25) is 5.91 Å². The molecule has 3 atom stereocenters. The number of hydrogen-bond acceptors (Lipinski definition) is 3. The van der Waals surface area contributed by atoms with Gasteiger partial charge < -0.3 is 10.6 Å². The first-order valence-electron chi connectivity index (χ1n) is 7.44. The van der Waals surface area contributed by atoms with E-state index in [1.54, 1.807) is 0 Å². The molecule has 3 nitrogen and oxygen atoms in total. The van der Waals surface area contributed by atoms with Crippen LogP contribution in [0, 0.1) is 0 Å². The van der Waals surface area contributed by atoms with Crippen LogP contribution in [-0.4, -0.2) is 29.5 Å². The lowest BCUT2D eigenvalue weighted by Crippen LogP contribution is -2.46. The number of carbonyl (C=O) groups is 1. The summed E-state index contributed by atoms with van der Waals surface area (Å²) in [6.07, 6.45) is 7.75. The van der Waals surface area contributed by atoms with Crippen LogP contribution in [0.3, 0.4) is 0 Å². The van der Waals surface area contributed by atoms with Crippen molar-refractivity contribution in [3.05, 3.63) is 29.8 Å². The molecular weight excluding hydrogens is 268 g/mol. The minimum absolute atomic E-state index is 0.0953. The van der Waals surface area contributed by atoms with E-state index in [2.05, 4.69) is 23.0 Å². The smallest absolute Gasteiger partial charge is 0.243 e. The van der Waals surface area contributed by atoms with Gasteiger partial charge in [-0.05, 0) is 37.1 Å². The number of hydrogen-bond donors (Lipinski definition) is 2. The Labute approximate surface area is 124 Å². The van der Waals surface area contributed by atoms with E-state index < -0.39 is 0 Å². The molecule has 1 fully saturated rings. The molecule has 0 aromatic heterocycles. The fourth-order valence-corrected chi connectivity index (χ4v) is 4.08. The van der Waals surface area contributed by atoms with Crippen LogP contribution in [0.4, 0.5) is 5.69 Å². The van der Waals surface area contributed by atoms with E-state index >= 15 is 0 Å². The van der Waals surface area contributed by atoms with Crippen molar-refractivity contribution in [3.8, 4) is 0 Å². The molecule has 2 aliphatic rings. The molecular formula is C16H22N2OS. The molecule has 1 amide bonds. The predicted octanol–water partition coefficient (Wildman–Crippen LogP) is 2.81. The van der Waals surface area contributed by atoms with Gasteiger partial charge in [0.25, 0.3) is 0 Å². The van der Waals surface area contributed by atoms with E-state index in [9.17, 15) is 4.79 Å². The summed E-state index contributed by atoms with van der Waals surface area (Å²) >= 11 is 1.93. The molecule has 0 spiro atoms. The molecule has 0 bridgehead atoms. The van der Waals surface area contributed by atoms with Crippen molar-refractivity contribution < 1.29 is 4.79 Å². The Bertz CT molecular complexity index is 466. The summed E-state index contributed by atoms with van der Waals surface area (Å²) in [5.41, 5.74) is 2.36. The lowest BCUT2D eigenvalue weighted by molar-refractivity contribution is -0.122. The van der Waals surface area contributed by atoms with E-state index in [0.717, 1.165) is 24.9 Å². The fraction of sp³-hybridized carbons (Fsp3) is 0.562. The van der Waals surface area contributed by atoms with Gasteiger partial charge >= 0.3 is 0 Å². The third kappa shape index (κ3) is 2.95. The van der Waals surface area contributed by atoms with Crippen molar-refractivity contribution in [2.75, 3.05) is 11.6 Å². The monoisotopic (exact) mass is 290 g/mol. The predicted molar refractivity (Wildman–Crippen MR) is 85.3 cm³/mol. The highest BCUT2D eigenvalue weighted by atomic mass is 32.2. The summed E-state index contributed by atoms with van der Waals surface area (Å²) in [5.74, 6) is 0.160. The fourth-order valence-electron chi connectivity index (χ4n) is 3.25. The van der Waals surface area contributed by atoms with E-state index in [4.69, 9.17) is 0 Å². The lowest BCUT2D eigenvalue weighted by atomic mass is 9.94. The molecule has 2 N–H and O–H groups in total. The highest BCUT2D eigenvalue weighted by Crippen LogP contribution is 2.28. The zero-order chi connectivity index (χ0) is 13.9. The number of benzene rings is 1. The van der Waals surface area contributed by atoms with E-state index in [1.807, 2.05) is 30.0 Å². The third-order valence-electron chi connectivity index (χ3n) is 4.39. The van der Waals surface area contributed by atoms with Crippen molar-refractivity contribution in [2.24, 2.45) is 0 Å². The van der Waals surface area contributed by atoms with E-state index in [-0.39, 0.29) is 11.9 Å². The SMILES string of the molecule is CSC1CCCC(NC(=O)C2Cc3ccccc3N2)C1. The number of nitrogens with one attached hydrogen (secondary N) is 2. The maximum Gasteiger partial charge on any atom is 0.243 e. The highest BCUT2D eigenvalue weighted by Gasteiger charge is 2.29. The third-order valence-corrected chi connectivity index (χ3v) is 5.49. The van der Waals surface area contributed by atoms with Crippen molar-refractivity contribution in [1.82, 2.24) is 5.32 Å². The summed E-state index contributed by atoms with van der Waals surface area (Å²) in [7, 11) is 0. The number of amides is 1. The van der Waals surface area contributed by atoms with Gasteiger partial charge in [-0.25, -0.2) is 0 Å². The Morgan fingerprint density at radius 2 is 2.20 bits per heavy atom. The van der Waals surface area contributed by atoms with Crippen LogP contribution in [0.25, 0.3) is 0 Å². The normalized spacial score (nSPS) is 28.6. The molecule has 108 valence electrons. The number of anilines is 1. The Morgan fingerprint density at radius 3 is 3.00 bits per heavy atom. The maximum absolute atomic E-state index is 12.4. The largest absolute Gasteiger partial charge is 0.373 e. The average Bonchev–Trinajstić information content (AvgIpc) is 2.91. The van der Waals surface area contributed by atoms with Crippen LogP contribution in [0.1, 0.15) is 31.2 Å². The van der Waals surface area contributed by atoms with Gasteiger partial charge in [0.1, 0.15) is 6.04 Å². The average molecular weight is 290 g/mol. The molecule has 1 aromatic rings. The second kappa shape index (κ2) is 6.08. The Kier molecular flexibility index (Phi) is 4.20. The van der Waals surface area contributed by atoms with Gasteiger partial charge in [-0.15, -0.1) is 0 Å². The van der Waals surface area contributed by atoms with Crippen LogP contribution in [0.15, 0.2) is 24.3 Å². The number of thioether (sulfide) groups is 1. The van der Waals surface area contributed by atoms with Crippen LogP contribution in [-0.2, 0) is 11.2 Å².